The number of carbonyl (C=O) groups excluding carboxylic acids is 1. The summed E-state index contributed by atoms with van der Waals surface area (Å²) in [6.07, 6.45) is 4.40. The van der Waals surface area contributed by atoms with E-state index in [4.69, 9.17) is 32.7 Å². The van der Waals surface area contributed by atoms with Gasteiger partial charge in [-0.15, -0.1) is 0 Å². The normalized spacial score (nSPS) is 28.0. The highest BCUT2D eigenvalue weighted by Gasteiger charge is 2.29. The molecule has 0 aromatic rings. The van der Waals surface area contributed by atoms with Crippen molar-refractivity contribution < 1.29 is 14.3 Å². The van der Waals surface area contributed by atoms with Gasteiger partial charge in [-0.25, -0.2) is 0 Å². The van der Waals surface area contributed by atoms with Crippen LogP contribution in [0.15, 0.2) is 12.2 Å². The summed E-state index contributed by atoms with van der Waals surface area (Å²) in [5.74, 6) is -0.334. The summed E-state index contributed by atoms with van der Waals surface area (Å²) in [6.45, 7) is 6.65. The summed E-state index contributed by atoms with van der Waals surface area (Å²) in [5.41, 5.74) is 0. The largest absolute Gasteiger partial charge is 0.348 e. The second kappa shape index (κ2) is 8.10. The molecule has 0 aromatic carbocycles. The van der Waals surface area contributed by atoms with Crippen LogP contribution in [0.1, 0.15) is 27.2 Å². The van der Waals surface area contributed by atoms with Gasteiger partial charge in [-0.1, -0.05) is 35.4 Å². The molecule has 1 aliphatic heterocycles. The van der Waals surface area contributed by atoms with E-state index in [2.05, 4.69) is 0 Å². The lowest BCUT2D eigenvalue weighted by Crippen LogP contribution is -2.46. The fourth-order valence-electron chi connectivity index (χ4n) is 2.02. The fraction of sp³-hybridized carbons (Fsp3) is 0.769. The third-order valence-electron chi connectivity index (χ3n) is 2.86. The summed E-state index contributed by atoms with van der Waals surface area (Å²) >= 11 is 11.3. The number of nitrogens with zero attached hydrogens (tertiary/aromatic N) is 1. The third-order valence-corrected chi connectivity index (χ3v) is 3.23. The lowest BCUT2D eigenvalue weighted by molar-refractivity contribution is -0.238. The van der Waals surface area contributed by atoms with Crippen LogP contribution < -0.4 is 0 Å². The number of hydrogen-bond acceptors (Lipinski definition) is 3. The van der Waals surface area contributed by atoms with E-state index in [1.54, 1.807) is 4.90 Å². The average molecular weight is 310 g/mol. The van der Waals surface area contributed by atoms with Crippen molar-refractivity contribution in [2.24, 2.45) is 0 Å². The van der Waals surface area contributed by atoms with E-state index >= 15 is 0 Å². The number of alkyl halides is 2. The highest BCUT2D eigenvalue weighted by atomic mass is 35.5. The maximum atomic E-state index is 11.9. The molecule has 0 bridgehead atoms. The van der Waals surface area contributed by atoms with Crippen LogP contribution in [-0.4, -0.2) is 47.2 Å². The van der Waals surface area contributed by atoms with Crippen molar-refractivity contribution in [2.75, 3.05) is 13.1 Å². The summed E-state index contributed by atoms with van der Waals surface area (Å²) in [6, 6.07) is 0. The Morgan fingerprint density at radius 2 is 1.95 bits per heavy atom. The van der Waals surface area contributed by atoms with Crippen LogP contribution in [0.3, 0.4) is 0 Å². The highest BCUT2D eigenvalue weighted by Crippen LogP contribution is 2.19. The van der Waals surface area contributed by atoms with E-state index in [0.29, 0.717) is 13.1 Å². The smallest absolute Gasteiger partial charge is 0.256 e. The standard InChI is InChI=1S/C13H21Cl2NO3/c1-4-5-6-16(13(17)12(14)15)8-11-18-9(2)7-10(3)19-11/h4-5,9-12H,6-8H2,1-3H3/b5-4+. The molecular formula is C13H21Cl2NO3. The number of carbonyl (C=O) groups is 1. The molecule has 0 saturated carbocycles. The number of amides is 1. The molecular weight excluding hydrogens is 289 g/mol. The van der Waals surface area contributed by atoms with Crippen LogP contribution in [-0.2, 0) is 14.3 Å². The van der Waals surface area contributed by atoms with E-state index < -0.39 is 11.1 Å². The molecule has 1 saturated heterocycles. The Morgan fingerprint density at radius 1 is 1.37 bits per heavy atom. The van der Waals surface area contributed by atoms with E-state index in [1.165, 1.54) is 0 Å². The first-order chi connectivity index (χ1) is 8.93. The first-order valence-corrected chi connectivity index (χ1v) is 7.30. The van der Waals surface area contributed by atoms with Crippen LogP contribution >= 0.6 is 23.2 Å². The van der Waals surface area contributed by atoms with Gasteiger partial charge >= 0.3 is 0 Å². The van der Waals surface area contributed by atoms with Crippen LogP contribution in [0.25, 0.3) is 0 Å². The zero-order valence-electron chi connectivity index (χ0n) is 11.5. The number of allylic oxidation sites excluding steroid dienone is 1. The fourth-order valence-corrected chi connectivity index (χ4v) is 2.30. The van der Waals surface area contributed by atoms with Crippen LogP contribution in [0.4, 0.5) is 0 Å². The molecule has 0 spiro atoms. The Balaban J connectivity index is 2.62. The van der Waals surface area contributed by atoms with Gasteiger partial charge in [0.2, 0.25) is 0 Å². The van der Waals surface area contributed by atoms with Gasteiger partial charge in [0, 0.05) is 6.54 Å². The minimum Gasteiger partial charge on any atom is -0.348 e. The molecule has 1 amide bonds. The molecule has 0 aromatic heterocycles. The topological polar surface area (TPSA) is 38.8 Å². The van der Waals surface area contributed by atoms with Gasteiger partial charge < -0.3 is 14.4 Å². The second-order valence-corrected chi connectivity index (χ2v) is 5.77. The minimum atomic E-state index is -1.07. The molecule has 19 heavy (non-hydrogen) atoms. The van der Waals surface area contributed by atoms with E-state index in [0.717, 1.165) is 6.42 Å². The van der Waals surface area contributed by atoms with Gasteiger partial charge in [0.15, 0.2) is 11.1 Å². The monoisotopic (exact) mass is 309 g/mol. The van der Waals surface area contributed by atoms with Crippen molar-refractivity contribution in [1.29, 1.82) is 0 Å². The third kappa shape index (κ3) is 5.69. The Labute approximate surface area is 124 Å². The Morgan fingerprint density at radius 3 is 2.42 bits per heavy atom. The van der Waals surface area contributed by atoms with E-state index in [9.17, 15) is 4.79 Å². The highest BCUT2D eigenvalue weighted by molar-refractivity contribution is 6.53. The van der Waals surface area contributed by atoms with E-state index in [1.807, 2.05) is 32.9 Å². The maximum Gasteiger partial charge on any atom is 0.256 e. The van der Waals surface area contributed by atoms with Crippen molar-refractivity contribution in [3.63, 3.8) is 0 Å². The summed E-state index contributed by atoms with van der Waals surface area (Å²) in [4.78, 5) is 12.4. The summed E-state index contributed by atoms with van der Waals surface area (Å²) < 4.78 is 11.3. The predicted octanol–water partition coefficient (Wildman–Crippen LogP) is 2.73. The quantitative estimate of drug-likeness (QED) is 0.579. The lowest BCUT2D eigenvalue weighted by atomic mass is 10.2. The molecule has 2 unspecified atom stereocenters. The number of ether oxygens (including phenoxy) is 2. The zero-order valence-corrected chi connectivity index (χ0v) is 13.0. The van der Waals surface area contributed by atoms with Crippen molar-refractivity contribution in [1.82, 2.24) is 4.90 Å². The second-order valence-electron chi connectivity index (χ2n) is 4.67. The Kier molecular flexibility index (Phi) is 7.15. The van der Waals surface area contributed by atoms with Gasteiger partial charge in [0.05, 0.1) is 18.8 Å². The molecule has 1 heterocycles. The Hall–Kier alpha value is -0.290. The molecule has 0 radical (unpaired) electrons. The maximum absolute atomic E-state index is 11.9. The SMILES string of the molecule is C/C=C/CN(CC1OC(C)CC(C)O1)C(=O)C(Cl)Cl. The molecule has 1 fully saturated rings. The molecule has 0 aliphatic carbocycles. The van der Waals surface area contributed by atoms with Crippen molar-refractivity contribution in [3.05, 3.63) is 12.2 Å². The van der Waals surface area contributed by atoms with Crippen LogP contribution in [0.5, 0.6) is 0 Å². The lowest BCUT2D eigenvalue weighted by Gasteiger charge is -2.35. The van der Waals surface area contributed by atoms with Crippen molar-refractivity contribution in [3.8, 4) is 0 Å². The number of hydrogen-bond donors (Lipinski definition) is 0. The Bertz CT molecular complexity index is 313. The van der Waals surface area contributed by atoms with Crippen LogP contribution in [0.2, 0.25) is 0 Å². The zero-order chi connectivity index (χ0) is 14.4. The minimum absolute atomic E-state index is 0.121. The number of rotatable bonds is 5. The first kappa shape index (κ1) is 16.8. The molecule has 1 rings (SSSR count). The van der Waals surface area contributed by atoms with Crippen LogP contribution in [0, 0.1) is 0 Å². The predicted molar refractivity (Wildman–Crippen MR) is 76.4 cm³/mol. The van der Waals surface area contributed by atoms with E-state index in [-0.39, 0.29) is 18.1 Å². The van der Waals surface area contributed by atoms with Gasteiger partial charge in [0.1, 0.15) is 0 Å². The molecule has 0 N–H and O–H groups in total. The van der Waals surface area contributed by atoms with Gasteiger partial charge in [-0.05, 0) is 27.2 Å². The molecule has 2 atom stereocenters. The van der Waals surface area contributed by atoms with Crippen molar-refractivity contribution in [2.45, 2.75) is 50.5 Å². The average Bonchev–Trinajstić information content (AvgIpc) is 2.32. The summed E-state index contributed by atoms with van der Waals surface area (Å²) in [7, 11) is 0. The van der Waals surface area contributed by atoms with Gasteiger partial charge in [-0.3, -0.25) is 4.79 Å². The molecule has 1 aliphatic rings. The number of halogens is 2. The van der Waals surface area contributed by atoms with Gasteiger partial charge in [0.25, 0.3) is 5.91 Å². The van der Waals surface area contributed by atoms with Gasteiger partial charge in [-0.2, -0.15) is 0 Å². The summed E-state index contributed by atoms with van der Waals surface area (Å²) in [5, 5.41) is 0. The first-order valence-electron chi connectivity index (χ1n) is 6.43. The molecule has 6 heteroatoms. The van der Waals surface area contributed by atoms with Crippen molar-refractivity contribution >= 4 is 29.1 Å². The molecule has 4 nitrogen and oxygen atoms in total. The molecule has 110 valence electrons.